The topological polar surface area (TPSA) is 50.7 Å². The first-order valence-corrected chi connectivity index (χ1v) is 6.79. The van der Waals surface area contributed by atoms with E-state index in [4.69, 9.17) is 0 Å². The molecule has 0 spiro atoms. The molecule has 2 aromatic heterocycles. The third-order valence-electron chi connectivity index (χ3n) is 2.55. The van der Waals surface area contributed by atoms with Crippen molar-refractivity contribution in [2.75, 3.05) is 6.54 Å². The summed E-state index contributed by atoms with van der Waals surface area (Å²) in [5.74, 6) is 0.575. The van der Waals surface area contributed by atoms with Gasteiger partial charge >= 0.3 is 6.18 Å². The Morgan fingerprint density at radius 2 is 2.10 bits per heavy atom. The van der Waals surface area contributed by atoms with Crippen LogP contribution in [0.2, 0.25) is 0 Å². The Hall–Kier alpha value is -1.54. The minimum Gasteiger partial charge on any atom is -0.305 e. The van der Waals surface area contributed by atoms with Crippen molar-refractivity contribution in [1.29, 1.82) is 0 Å². The summed E-state index contributed by atoms with van der Waals surface area (Å²) in [6, 6.07) is 1.28. The van der Waals surface area contributed by atoms with Gasteiger partial charge in [0.25, 0.3) is 0 Å². The molecule has 0 bridgehead atoms. The van der Waals surface area contributed by atoms with E-state index >= 15 is 0 Å². The second kappa shape index (κ2) is 5.84. The van der Waals surface area contributed by atoms with Crippen molar-refractivity contribution >= 4 is 11.3 Å². The third kappa shape index (κ3) is 3.31. The molecule has 4 nitrogen and oxygen atoms in total. The molecule has 1 N–H and O–H groups in total. The van der Waals surface area contributed by atoms with E-state index in [0.29, 0.717) is 34.3 Å². The monoisotopic (exact) mass is 302 g/mol. The molecule has 2 rings (SSSR count). The minimum absolute atomic E-state index is 0.407. The van der Waals surface area contributed by atoms with E-state index in [1.165, 1.54) is 6.20 Å². The average Bonchev–Trinajstić information content (AvgIpc) is 2.85. The molecule has 20 heavy (non-hydrogen) atoms. The summed E-state index contributed by atoms with van der Waals surface area (Å²) in [5.41, 5.74) is 0.636. The largest absolute Gasteiger partial charge is 0.443 e. The summed E-state index contributed by atoms with van der Waals surface area (Å²) in [5, 5.41) is 2.27. The van der Waals surface area contributed by atoms with Crippen molar-refractivity contribution in [2.45, 2.75) is 26.1 Å². The molecule has 0 amide bonds. The fourth-order valence-corrected chi connectivity index (χ4v) is 2.61. The summed E-state index contributed by atoms with van der Waals surface area (Å²) in [6.07, 6.45) is -1.58. The number of alkyl halides is 3. The van der Waals surface area contributed by atoms with Crippen LogP contribution in [0.3, 0.4) is 0 Å². The fourth-order valence-electron chi connectivity index (χ4n) is 1.74. The first kappa shape index (κ1) is 14.9. The molecule has 108 valence electrons. The highest BCUT2D eigenvalue weighted by Gasteiger charge is 2.35. The lowest BCUT2D eigenvalue weighted by Gasteiger charge is -2.15. The molecule has 0 aromatic carbocycles. The van der Waals surface area contributed by atoms with Crippen molar-refractivity contribution in [1.82, 2.24) is 20.3 Å². The molecule has 8 heteroatoms. The van der Waals surface area contributed by atoms with Gasteiger partial charge in [-0.05, 0) is 19.5 Å². The van der Waals surface area contributed by atoms with Gasteiger partial charge in [-0.2, -0.15) is 13.2 Å². The number of hydrogen-bond acceptors (Lipinski definition) is 5. The Balaban J connectivity index is 2.36. The van der Waals surface area contributed by atoms with Crippen molar-refractivity contribution in [3.63, 3.8) is 0 Å². The molecule has 1 atom stereocenters. The van der Waals surface area contributed by atoms with Gasteiger partial charge in [-0.15, -0.1) is 11.3 Å². The van der Waals surface area contributed by atoms with Crippen LogP contribution in [0.15, 0.2) is 18.5 Å². The van der Waals surface area contributed by atoms with Gasteiger partial charge in [-0.25, -0.2) is 15.0 Å². The standard InChI is InChI=1S/C12H13F3N4S/c1-3-16-10(8-4-5-17-7(2)19-8)9-6-18-11(20-9)12(13,14)15/h4-6,10,16H,3H2,1-2H3. The predicted octanol–water partition coefficient (Wildman–Crippen LogP) is 2.96. The van der Waals surface area contributed by atoms with Crippen LogP contribution >= 0.6 is 11.3 Å². The number of halogens is 3. The minimum atomic E-state index is -4.42. The lowest BCUT2D eigenvalue weighted by atomic mass is 10.1. The van der Waals surface area contributed by atoms with Crippen LogP contribution in [0, 0.1) is 6.92 Å². The maximum atomic E-state index is 12.6. The second-order valence-electron chi connectivity index (χ2n) is 4.08. The molecule has 0 aliphatic rings. The molecule has 0 fully saturated rings. The van der Waals surface area contributed by atoms with Crippen LogP contribution in [-0.4, -0.2) is 21.5 Å². The molecule has 0 radical (unpaired) electrons. The van der Waals surface area contributed by atoms with E-state index in [0.717, 1.165) is 0 Å². The molecule has 0 saturated heterocycles. The van der Waals surface area contributed by atoms with E-state index in [2.05, 4.69) is 20.3 Å². The highest BCUT2D eigenvalue weighted by atomic mass is 32.1. The maximum absolute atomic E-state index is 12.6. The number of hydrogen-bond donors (Lipinski definition) is 1. The Labute approximate surface area is 118 Å². The van der Waals surface area contributed by atoms with Gasteiger partial charge in [0, 0.05) is 17.3 Å². The van der Waals surface area contributed by atoms with Gasteiger partial charge in [0.15, 0.2) is 5.01 Å². The van der Waals surface area contributed by atoms with Gasteiger partial charge in [-0.1, -0.05) is 6.92 Å². The van der Waals surface area contributed by atoms with E-state index in [1.807, 2.05) is 6.92 Å². The van der Waals surface area contributed by atoms with Crippen LogP contribution in [0.1, 0.15) is 34.4 Å². The number of aromatic nitrogens is 3. The molecule has 0 aliphatic carbocycles. The number of aryl methyl sites for hydroxylation is 1. The zero-order chi connectivity index (χ0) is 14.8. The van der Waals surface area contributed by atoms with Gasteiger partial charge in [0.2, 0.25) is 0 Å². The van der Waals surface area contributed by atoms with Crippen molar-refractivity contribution in [2.24, 2.45) is 0 Å². The second-order valence-corrected chi connectivity index (χ2v) is 5.15. The van der Waals surface area contributed by atoms with E-state index < -0.39 is 17.2 Å². The molecular formula is C12H13F3N4S. The van der Waals surface area contributed by atoms with Crippen LogP contribution in [0.25, 0.3) is 0 Å². The van der Waals surface area contributed by atoms with Gasteiger partial charge < -0.3 is 5.32 Å². The van der Waals surface area contributed by atoms with Gasteiger partial charge in [0.05, 0.1) is 11.7 Å². The normalized spacial score (nSPS) is 13.4. The number of thiazole rings is 1. The van der Waals surface area contributed by atoms with Crippen LogP contribution in [0.5, 0.6) is 0 Å². The van der Waals surface area contributed by atoms with Crippen LogP contribution < -0.4 is 5.32 Å². The lowest BCUT2D eigenvalue weighted by Crippen LogP contribution is -2.22. The summed E-state index contributed by atoms with van der Waals surface area (Å²) >= 11 is 0.630. The number of nitrogens with zero attached hydrogens (tertiary/aromatic N) is 3. The zero-order valence-electron chi connectivity index (χ0n) is 10.9. The number of rotatable bonds is 4. The van der Waals surface area contributed by atoms with E-state index in [9.17, 15) is 13.2 Å². The molecule has 0 saturated carbocycles. The Kier molecular flexibility index (Phi) is 4.34. The Morgan fingerprint density at radius 3 is 2.65 bits per heavy atom. The zero-order valence-corrected chi connectivity index (χ0v) is 11.7. The molecule has 2 heterocycles. The first-order chi connectivity index (χ1) is 9.41. The van der Waals surface area contributed by atoms with Crippen molar-refractivity contribution in [3.05, 3.63) is 39.9 Å². The van der Waals surface area contributed by atoms with E-state index in [1.54, 1.807) is 19.2 Å². The summed E-state index contributed by atoms with van der Waals surface area (Å²) in [7, 11) is 0. The fraction of sp³-hybridized carbons (Fsp3) is 0.417. The Bertz CT molecular complexity index is 582. The summed E-state index contributed by atoms with van der Waals surface area (Å²) in [4.78, 5) is 12.2. The highest BCUT2D eigenvalue weighted by Crippen LogP contribution is 2.35. The molecule has 1 unspecified atom stereocenters. The van der Waals surface area contributed by atoms with Gasteiger partial charge in [0.1, 0.15) is 5.82 Å². The quantitative estimate of drug-likeness (QED) is 0.943. The van der Waals surface area contributed by atoms with Crippen LogP contribution in [-0.2, 0) is 6.18 Å². The number of nitrogens with one attached hydrogen (secondary N) is 1. The first-order valence-electron chi connectivity index (χ1n) is 5.97. The highest BCUT2D eigenvalue weighted by molar-refractivity contribution is 7.11. The summed E-state index contributed by atoms with van der Waals surface area (Å²) < 4.78 is 37.9. The average molecular weight is 302 g/mol. The van der Waals surface area contributed by atoms with E-state index in [-0.39, 0.29) is 0 Å². The molecule has 0 aliphatic heterocycles. The Morgan fingerprint density at radius 1 is 1.35 bits per heavy atom. The lowest BCUT2D eigenvalue weighted by molar-refractivity contribution is -0.137. The smallest absolute Gasteiger partial charge is 0.305 e. The summed E-state index contributed by atoms with van der Waals surface area (Å²) in [6.45, 7) is 4.22. The maximum Gasteiger partial charge on any atom is 0.443 e. The SMILES string of the molecule is CCNC(c1ccnc(C)n1)c1cnc(C(F)(F)F)s1. The molecule has 2 aromatic rings. The van der Waals surface area contributed by atoms with Crippen molar-refractivity contribution in [3.8, 4) is 0 Å². The third-order valence-corrected chi connectivity index (χ3v) is 3.66. The molecular weight excluding hydrogens is 289 g/mol. The van der Waals surface area contributed by atoms with Crippen LogP contribution in [0.4, 0.5) is 13.2 Å². The van der Waals surface area contributed by atoms with Crippen molar-refractivity contribution < 1.29 is 13.2 Å². The predicted molar refractivity (Wildman–Crippen MR) is 69.4 cm³/mol. The van der Waals surface area contributed by atoms with Gasteiger partial charge in [-0.3, -0.25) is 0 Å².